The Morgan fingerprint density at radius 3 is 2.67 bits per heavy atom. The van der Waals surface area contributed by atoms with Crippen molar-refractivity contribution in [1.82, 2.24) is 10.5 Å². The number of amides is 1. The van der Waals surface area contributed by atoms with E-state index < -0.39 is 0 Å². The summed E-state index contributed by atoms with van der Waals surface area (Å²) >= 11 is 5.68. The zero-order valence-corrected chi connectivity index (χ0v) is 10.7. The maximum atomic E-state index is 11.8. The van der Waals surface area contributed by atoms with E-state index in [0.717, 1.165) is 11.3 Å². The number of nitrogens with zero attached hydrogens (tertiary/aromatic N) is 1. The quantitative estimate of drug-likeness (QED) is 0.864. The van der Waals surface area contributed by atoms with E-state index >= 15 is 0 Å². The lowest BCUT2D eigenvalue weighted by molar-refractivity contribution is 0.0950. The highest BCUT2D eigenvalue weighted by Gasteiger charge is 2.06. The molecule has 1 aromatic heterocycles. The number of benzene rings is 1. The van der Waals surface area contributed by atoms with Gasteiger partial charge < -0.3 is 9.84 Å². The molecule has 0 aliphatic carbocycles. The summed E-state index contributed by atoms with van der Waals surface area (Å²) in [6.07, 6.45) is 0. The fraction of sp³-hybridized carbons (Fsp3) is 0.231. The number of nitrogens with one attached hydrogen (secondary N) is 1. The number of hydrogen-bond donors (Lipinski definition) is 1. The predicted octanol–water partition coefficient (Wildman–Crippen LogP) is 2.65. The molecule has 0 atom stereocenters. The number of halogens is 1. The molecule has 0 unspecified atom stereocenters. The maximum absolute atomic E-state index is 11.8. The number of rotatable bonds is 4. The van der Waals surface area contributed by atoms with Gasteiger partial charge in [0.2, 0.25) is 0 Å². The summed E-state index contributed by atoms with van der Waals surface area (Å²) in [7, 11) is 0. The number of hydrogen-bond acceptors (Lipinski definition) is 3. The van der Waals surface area contributed by atoms with Gasteiger partial charge in [-0.1, -0.05) is 17.3 Å². The molecule has 1 heterocycles. The van der Waals surface area contributed by atoms with E-state index in [-0.39, 0.29) is 5.91 Å². The first-order valence-corrected chi connectivity index (χ1v) is 6.08. The van der Waals surface area contributed by atoms with Gasteiger partial charge in [0.25, 0.3) is 5.91 Å². The lowest BCUT2D eigenvalue weighted by atomic mass is 10.1. The van der Waals surface area contributed by atoms with Crippen molar-refractivity contribution in [3.05, 3.63) is 52.9 Å². The smallest absolute Gasteiger partial charge is 0.251 e. The van der Waals surface area contributed by atoms with E-state index in [4.69, 9.17) is 16.1 Å². The van der Waals surface area contributed by atoms with Gasteiger partial charge in [0.05, 0.1) is 6.54 Å². The van der Waals surface area contributed by atoms with Crippen molar-refractivity contribution in [3.63, 3.8) is 0 Å². The van der Waals surface area contributed by atoms with Crippen molar-refractivity contribution in [3.8, 4) is 0 Å². The summed E-state index contributed by atoms with van der Waals surface area (Å²) < 4.78 is 4.92. The Bertz CT molecular complexity index is 534. The minimum atomic E-state index is -0.142. The third kappa shape index (κ3) is 3.11. The third-order valence-corrected chi connectivity index (χ3v) is 2.79. The summed E-state index contributed by atoms with van der Waals surface area (Å²) in [5, 5.41) is 6.57. The first-order chi connectivity index (χ1) is 8.69. The molecule has 0 saturated carbocycles. The lowest BCUT2D eigenvalue weighted by Gasteiger charge is -2.03. The molecule has 0 radical (unpaired) electrons. The molecule has 5 heteroatoms. The molecule has 0 fully saturated rings. The molecule has 0 bridgehead atoms. The maximum Gasteiger partial charge on any atom is 0.251 e. The highest BCUT2D eigenvalue weighted by molar-refractivity contribution is 6.17. The molecule has 0 aliphatic heterocycles. The van der Waals surface area contributed by atoms with Gasteiger partial charge in [-0.15, -0.1) is 11.6 Å². The van der Waals surface area contributed by atoms with E-state index in [1.54, 1.807) is 18.2 Å². The summed E-state index contributed by atoms with van der Waals surface area (Å²) in [4.78, 5) is 11.8. The van der Waals surface area contributed by atoms with Crippen LogP contribution in [-0.2, 0) is 12.4 Å². The topological polar surface area (TPSA) is 55.1 Å². The van der Waals surface area contributed by atoms with Gasteiger partial charge >= 0.3 is 0 Å². The molecule has 0 aliphatic rings. The van der Waals surface area contributed by atoms with Gasteiger partial charge in [-0.25, -0.2) is 0 Å². The second kappa shape index (κ2) is 5.69. The van der Waals surface area contributed by atoms with Crippen LogP contribution in [-0.4, -0.2) is 11.1 Å². The van der Waals surface area contributed by atoms with Crippen LogP contribution in [0.3, 0.4) is 0 Å². The van der Waals surface area contributed by atoms with Crippen LogP contribution in [0.2, 0.25) is 0 Å². The van der Waals surface area contributed by atoms with Crippen molar-refractivity contribution >= 4 is 17.5 Å². The predicted molar refractivity (Wildman–Crippen MR) is 68.4 cm³/mol. The van der Waals surface area contributed by atoms with Gasteiger partial charge in [-0.2, -0.15) is 0 Å². The number of aromatic nitrogens is 1. The molecule has 18 heavy (non-hydrogen) atoms. The molecule has 94 valence electrons. The SMILES string of the molecule is Cc1cc(CNC(=O)c2ccc(CCl)cc2)no1. The Hall–Kier alpha value is -1.81. The number of carbonyl (C=O) groups excluding carboxylic acids is 1. The lowest BCUT2D eigenvalue weighted by Crippen LogP contribution is -2.22. The van der Waals surface area contributed by atoms with Crippen LogP contribution < -0.4 is 5.32 Å². The first-order valence-electron chi connectivity index (χ1n) is 5.54. The van der Waals surface area contributed by atoms with Gasteiger partial charge in [-0.05, 0) is 24.6 Å². The molecule has 2 rings (SSSR count). The Morgan fingerprint density at radius 1 is 1.39 bits per heavy atom. The van der Waals surface area contributed by atoms with Crippen molar-refractivity contribution in [2.75, 3.05) is 0 Å². The molecular weight excluding hydrogens is 252 g/mol. The number of alkyl halides is 1. The zero-order chi connectivity index (χ0) is 13.0. The summed E-state index contributed by atoms with van der Waals surface area (Å²) in [5.41, 5.74) is 2.29. The van der Waals surface area contributed by atoms with Crippen molar-refractivity contribution in [1.29, 1.82) is 0 Å². The fourth-order valence-electron chi connectivity index (χ4n) is 1.52. The summed E-state index contributed by atoms with van der Waals surface area (Å²) in [6, 6.07) is 8.96. The normalized spacial score (nSPS) is 10.3. The monoisotopic (exact) mass is 264 g/mol. The van der Waals surface area contributed by atoms with Gasteiger partial charge in [-0.3, -0.25) is 4.79 Å². The van der Waals surface area contributed by atoms with Crippen LogP contribution in [0.15, 0.2) is 34.9 Å². The van der Waals surface area contributed by atoms with E-state index in [1.165, 1.54) is 0 Å². The molecule has 2 aromatic rings. The van der Waals surface area contributed by atoms with Gasteiger partial charge in [0, 0.05) is 17.5 Å². The molecule has 1 N–H and O–H groups in total. The second-order valence-corrected chi connectivity index (χ2v) is 4.21. The van der Waals surface area contributed by atoms with Gasteiger partial charge in [0.15, 0.2) is 0 Å². The van der Waals surface area contributed by atoms with Crippen molar-refractivity contribution < 1.29 is 9.32 Å². The minimum Gasteiger partial charge on any atom is -0.361 e. The Morgan fingerprint density at radius 2 is 2.11 bits per heavy atom. The second-order valence-electron chi connectivity index (χ2n) is 3.94. The Kier molecular flexibility index (Phi) is 3.99. The standard InChI is InChI=1S/C13H13ClN2O2/c1-9-6-12(16-18-9)8-15-13(17)11-4-2-10(7-14)3-5-11/h2-6H,7-8H2,1H3,(H,15,17). The highest BCUT2D eigenvalue weighted by atomic mass is 35.5. The first kappa shape index (κ1) is 12.6. The minimum absolute atomic E-state index is 0.142. The van der Waals surface area contributed by atoms with Crippen molar-refractivity contribution in [2.24, 2.45) is 0 Å². The largest absolute Gasteiger partial charge is 0.361 e. The highest BCUT2D eigenvalue weighted by Crippen LogP contribution is 2.07. The fourth-order valence-corrected chi connectivity index (χ4v) is 1.70. The zero-order valence-electron chi connectivity index (χ0n) is 9.94. The van der Waals surface area contributed by atoms with E-state index in [2.05, 4.69) is 10.5 Å². The van der Waals surface area contributed by atoms with Gasteiger partial charge in [0.1, 0.15) is 11.5 Å². The van der Waals surface area contributed by atoms with Crippen LogP contribution in [0.4, 0.5) is 0 Å². The van der Waals surface area contributed by atoms with Crippen LogP contribution in [0.1, 0.15) is 27.4 Å². The molecule has 1 amide bonds. The molecule has 4 nitrogen and oxygen atoms in total. The van der Waals surface area contributed by atoms with E-state index in [0.29, 0.717) is 23.7 Å². The molecular formula is C13H13ClN2O2. The number of carbonyl (C=O) groups is 1. The summed E-state index contributed by atoms with van der Waals surface area (Å²) in [5.74, 6) is 1.03. The summed E-state index contributed by atoms with van der Waals surface area (Å²) in [6.45, 7) is 2.16. The number of aryl methyl sites for hydroxylation is 1. The van der Waals surface area contributed by atoms with Crippen LogP contribution in [0, 0.1) is 6.92 Å². The van der Waals surface area contributed by atoms with Crippen molar-refractivity contribution in [2.45, 2.75) is 19.3 Å². The van der Waals surface area contributed by atoms with Crippen LogP contribution in [0.5, 0.6) is 0 Å². The third-order valence-electron chi connectivity index (χ3n) is 2.48. The average molecular weight is 265 g/mol. The van der Waals surface area contributed by atoms with Crippen LogP contribution in [0.25, 0.3) is 0 Å². The Balaban J connectivity index is 1.94. The molecule has 0 saturated heterocycles. The van der Waals surface area contributed by atoms with Crippen LogP contribution >= 0.6 is 11.6 Å². The Labute approximate surface area is 110 Å². The molecule has 1 aromatic carbocycles. The van der Waals surface area contributed by atoms with E-state index in [1.807, 2.05) is 19.1 Å². The average Bonchev–Trinajstić information content (AvgIpc) is 2.82. The molecule has 0 spiro atoms. The van der Waals surface area contributed by atoms with E-state index in [9.17, 15) is 4.79 Å².